The van der Waals surface area contributed by atoms with Gasteiger partial charge in [-0.3, -0.25) is 4.79 Å². The van der Waals surface area contributed by atoms with Crippen LogP contribution in [0.15, 0.2) is 24.3 Å². The van der Waals surface area contributed by atoms with E-state index in [0.29, 0.717) is 4.88 Å². The topological polar surface area (TPSA) is 66.3 Å². The average Bonchev–Trinajstić information content (AvgIpc) is 2.95. The third-order valence-electron chi connectivity index (χ3n) is 3.53. The Labute approximate surface area is 128 Å². The number of phenolic OH excluding ortho intramolecular Hbond substituents is 1. The molecule has 0 fully saturated rings. The lowest BCUT2D eigenvalue weighted by Crippen LogP contribution is -2.29. The molecule has 0 aliphatic rings. The molecule has 0 radical (unpaired) electrons. The molecule has 112 valence electrons. The van der Waals surface area contributed by atoms with Crippen LogP contribution in [0.2, 0.25) is 0 Å². The van der Waals surface area contributed by atoms with Crippen molar-refractivity contribution in [3.63, 3.8) is 0 Å². The van der Waals surface area contributed by atoms with Crippen molar-refractivity contribution in [2.75, 3.05) is 7.05 Å². The van der Waals surface area contributed by atoms with Gasteiger partial charge in [-0.1, -0.05) is 30.5 Å². The predicted octanol–water partition coefficient (Wildman–Crippen LogP) is 3.20. The van der Waals surface area contributed by atoms with Crippen LogP contribution in [0.25, 0.3) is 0 Å². The van der Waals surface area contributed by atoms with E-state index in [4.69, 9.17) is 0 Å². The van der Waals surface area contributed by atoms with E-state index in [-0.39, 0.29) is 23.6 Å². The molecule has 21 heavy (non-hydrogen) atoms. The van der Waals surface area contributed by atoms with Gasteiger partial charge in [-0.2, -0.15) is 0 Å². The van der Waals surface area contributed by atoms with Crippen molar-refractivity contribution >= 4 is 17.4 Å². The van der Waals surface area contributed by atoms with E-state index in [2.05, 4.69) is 9.59 Å². The lowest BCUT2D eigenvalue weighted by molar-refractivity contribution is 0.0746. The summed E-state index contributed by atoms with van der Waals surface area (Å²) < 4.78 is 3.90. The SMILES string of the molecule is CC(C)c1nnsc1C(=O)N(C)C(C)c1ccc(O)cc1. The molecule has 0 aliphatic carbocycles. The summed E-state index contributed by atoms with van der Waals surface area (Å²) in [5.74, 6) is 0.308. The number of hydrogen-bond acceptors (Lipinski definition) is 5. The van der Waals surface area contributed by atoms with Crippen molar-refractivity contribution in [3.8, 4) is 5.75 Å². The summed E-state index contributed by atoms with van der Waals surface area (Å²) in [7, 11) is 1.77. The number of aromatic nitrogens is 2. The zero-order valence-corrected chi connectivity index (χ0v) is 13.4. The lowest BCUT2D eigenvalue weighted by Gasteiger charge is -2.25. The van der Waals surface area contributed by atoms with Gasteiger partial charge in [-0.25, -0.2) is 0 Å². The molecule has 1 unspecified atom stereocenters. The molecule has 2 aromatic rings. The van der Waals surface area contributed by atoms with Gasteiger partial charge in [0.2, 0.25) is 0 Å². The molecule has 1 aromatic carbocycles. The molecule has 1 atom stereocenters. The monoisotopic (exact) mass is 305 g/mol. The quantitative estimate of drug-likeness (QED) is 0.942. The van der Waals surface area contributed by atoms with Gasteiger partial charge < -0.3 is 10.0 Å². The Morgan fingerprint density at radius 3 is 2.43 bits per heavy atom. The summed E-state index contributed by atoms with van der Waals surface area (Å²) in [6, 6.07) is 6.78. The van der Waals surface area contributed by atoms with Crippen LogP contribution in [-0.2, 0) is 0 Å². The van der Waals surface area contributed by atoms with Crippen LogP contribution < -0.4 is 0 Å². The Hall–Kier alpha value is -1.95. The second-order valence-corrected chi connectivity index (χ2v) is 6.08. The van der Waals surface area contributed by atoms with Crippen molar-refractivity contribution in [1.82, 2.24) is 14.5 Å². The third kappa shape index (κ3) is 3.21. The molecule has 1 amide bonds. The van der Waals surface area contributed by atoms with Crippen LogP contribution in [-0.4, -0.2) is 32.5 Å². The van der Waals surface area contributed by atoms with Gasteiger partial charge in [0.25, 0.3) is 5.91 Å². The minimum absolute atomic E-state index is 0.0747. The summed E-state index contributed by atoms with van der Waals surface area (Å²) in [5.41, 5.74) is 1.71. The number of rotatable bonds is 4. The zero-order valence-electron chi connectivity index (χ0n) is 12.6. The van der Waals surface area contributed by atoms with Gasteiger partial charge in [0.15, 0.2) is 0 Å². The second kappa shape index (κ2) is 6.22. The van der Waals surface area contributed by atoms with E-state index in [9.17, 15) is 9.90 Å². The molecule has 0 saturated carbocycles. The Morgan fingerprint density at radius 2 is 1.86 bits per heavy atom. The highest BCUT2D eigenvalue weighted by molar-refractivity contribution is 7.08. The minimum atomic E-state index is -0.0970. The Morgan fingerprint density at radius 1 is 1.24 bits per heavy atom. The Kier molecular flexibility index (Phi) is 4.57. The molecule has 0 spiro atoms. The first-order valence-electron chi connectivity index (χ1n) is 6.80. The summed E-state index contributed by atoms with van der Waals surface area (Å²) in [4.78, 5) is 14.9. The smallest absolute Gasteiger partial charge is 0.267 e. The van der Waals surface area contributed by atoms with Crippen molar-refractivity contribution in [2.24, 2.45) is 0 Å². The maximum Gasteiger partial charge on any atom is 0.267 e. The molecule has 2 rings (SSSR count). The van der Waals surface area contributed by atoms with Crippen molar-refractivity contribution in [1.29, 1.82) is 0 Å². The molecule has 1 aromatic heterocycles. The highest BCUT2D eigenvalue weighted by Gasteiger charge is 2.25. The van der Waals surface area contributed by atoms with Gasteiger partial charge >= 0.3 is 0 Å². The molecule has 0 aliphatic heterocycles. The van der Waals surface area contributed by atoms with Gasteiger partial charge in [0, 0.05) is 7.05 Å². The lowest BCUT2D eigenvalue weighted by atomic mass is 10.1. The van der Waals surface area contributed by atoms with Gasteiger partial charge in [-0.15, -0.1) is 5.10 Å². The second-order valence-electron chi connectivity index (χ2n) is 5.33. The first-order valence-corrected chi connectivity index (χ1v) is 7.57. The maximum atomic E-state index is 12.6. The van der Waals surface area contributed by atoms with Crippen molar-refractivity contribution < 1.29 is 9.90 Å². The number of amides is 1. The number of benzene rings is 1. The first kappa shape index (κ1) is 15.4. The van der Waals surface area contributed by atoms with Crippen LogP contribution in [0.5, 0.6) is 5.75 Å². The van der Waals surface area contributed by atoms with Gasteiger partial charge in [0.05, 0.1) is 11.7 Å². The molecule has 1 heterocycles. The fraction of sp³-hybridized carbons (Fsp3) is 0.400. The standard InChI is InChI=1S/C15H19N3O2S/c1-9(2)13-14(21-17-16-13)15(20)18(4)10(3)11-5-7-12(19)8-6-11/h5-10,19H,1-4H3. The fourth-order valence-corrected chi connectivity index (χ4v) is 2.84. The number of nitrogens with zero attached hydrogens (tertiary/aromatic N) is 3. The minimum Gasteiger partial charge on any atom is -0.508 e. The summed E-state index contributed by atoms with van der Waals surface area (Å²) in [6.07, 6.45) is 0. The van der Waals surface area contributed by atoms with Crippen LogP contribution in [0.3, 0.4) is 0 Å². The summed E-state index contributed by atoms with van der Waals surface area (Å²) >= 11 is 1.14. The molecule has 6 heteroatoms. The Balaban J connectivity index is 2.22. The molecule has 0 bridgehead atoms. The number of carbonyl (C=O) groups excluding carboxylic acids is 1. The molecule has 1 N–H and O–H groups in total. The molecule has 0 saturated heterocycles. The molecule has 5 nitrogen and oxygen atoms in total. The maximum absolute atomic E-state index is 12.6. The van der Waals surface area contributed by atoms with Crippen molar-refractivity contribution in [2.45, 2.75) is 32.7 Å². The van der Waals surface area contributed by atoms with Crippen LogP contribution in [0.4, 0.5) is 0 Å². The highest BCUT2D eigenvalue weighted by Crippen LogP contribution is 2.26. The van der Waals surface area contributed by atoms with E-state index in [1.54, 1.807) is 24.1 Å². The number of phenols is 1. The Bertz CT molecular complexity index is 622. The zero-order chi connectivity index (χ0) is 15.6. The van der Waals surface area contributed by atoms with E-state index >= 15 is 0 Å². The largest absolute Gasteiger partial charge is 0.508 e. The number of aromatic hydroxyl groups is 1. The normalized spacial score (nSPS) is 12.4. The van der Waals surface area contributed by atoms with Gasteiger partial charge in [0.1, 0.15) is 10.6 Å². The van der Waals surface area contributed by atoms with Crippen LogP contribution in [0.1, 0.15) is 53.7 Å². The van der Waals surface area contributed by atoms with Crippen molar-refractivity contribution in [3.05, 3.63) is 40.4 Å². The third-order valence-corrected chi connectivity index (χ3v) is 4.26. The van der Waals surface area contributed by atoms with E-state index < -0.39 is 0 Å². The average molecular weight is 305 g/mol. The summed E-state index contributed by atoms with van der Waals surface area (Å²) in [6.45, 7) is 5.95. The predicted molar refractivity (Wildman–Crippen MR) is 82.6 cm³/mol. The van der Waals surface area contributed by atoms with E-state index in [1.165, 1.54) is 0 Å². The molecular weight excluding hydrogens is 286 g/mol. The fourth-order valence-electron chi connectivity index (χ4n) is 2.04. The first-order chi connectivity index (χ1) is 9.91. The van der Waals surface area contributed by atoms with Gasteiger partial charge in [-0.05, 0) is 42.1 Å². The molecular formula is C15H19N3O2S. The van der Waals surface area contributed by atoms with Crippen LogP contribution >= 0.6 is 11.5 Å². The number of carbonyl (C=O) groups is 1. The van der Waals surface area contributed by atoms with Crippen LogP contribution in [0, 0.1) is 0 Å². The van der Waals surface area contributed by atoms with E-state index in [1.807, 2.05) is 32.9 Å². The summed E-state index contributed by atoms with van der Waals surface area (Å²) in [5, 5.41) is 13.4. The highest BCUT2D eigenvalue weighted by atomic mass is 32.1. The number of hydrogen-bond donors (Lipinski definition) is 1. The van der Waals surface area contributed by atoms with E-state index in [0.717, 1.165) is 22.8 Å².